The third-order valence-electron chi connectivity index (χ3n) is 2.35. The summed E-state index contributed by atoms with van der Waals surface area (Å²) < 4.78 is 46.1. The molecule has 6 heteroatoms. The molecule has 0 atom stereocenters. The van der Waals surface area contributed by atoms with E-state index in [1.807, 2.05) is 0 Å². The largest absolute Gasteiger partial charge is 0.573 e. The Morgan fingerprint density at radius 3 is 2.22 bits per heavy atom. The molecule has 0 bridgehead atoms. The molecule has 0 heterocycles. The SMILES string of the molecule is COc1cc(OC(F)(F)F)c(Br)c2ccccc12. The summed E-state index contributed by atoms with van der Waals surface area (Å²) >= 11 is 3.12. The lowest BCUT2D eigenvalue weighted by Crippen LogP contribution is -2.17. The zero-order valence-corrected chi connectivity index (χ0v) is 10.8. The zero-order chi connectivity index (χ0) is 13.3. The van der Waals surface area contributed by atoms with Gasteiger partial charge in [-0.3, -0.25) is 0 Å². The highest BCUT2D eigenvalue weighted by Crippen LogP contribution is 2.41. The Hall–Kier alpha value is -1.43. The quantitative estimate of drug-likeness (QED) is 0.810. The van der Waals surface area contributed by atoms with Crippen LogP contribution in [0.2, 0.25) is 0 Å². The second-order valence-electron chi connectivity index (χ2n) is 3.48. The number of hydrogen-bond donors (Lipinski definition) is 0. The Morgan fingerprint density at radius 2 is 1.67 bits per heavy atom. The second-order valence-corrected chi connectivity index (χ2v) is 4.28. The van der Waals surface area contributed by atoms with Gasteiger partial charge in [-0.25, -0.2) is 0 Å². The fourth-order valence-electron chi connectivity index (χ4n) is 1.65. The molecule has 2 aromatic carbocycles. The van der Waals surface area contributed by atoms with Crippen molar-refractivity contribution in [2.75, 3.05) is 7.11 Å². The average molecular weight is 321 g/mol. The average Bonchev–Trinajstić information content (AvgIpc) is 2.31. The topological polar surface area (TPSA) is 18.5 Å². The molecule has 0 saturated carbocycles. The van der Waals surface area contributed by atoms with Crippen LogP contribution < -0.4 is 9.47 Å². The molecular formula is C12H8BrF3O2. The van der Waals surface area contributed by atoms with Gasteiger partial charge in [-0.2, -0.15) is 0 Å². The number of fused-ring (bicyclic) bond motifs is 1. The van der Waals surface area contributed by atoms with Crippen LogP contribution in [0.3, 0.4) is 0 Å². The molecular weight excluding hydrogens is 313 g/mol. The molecule has 18 heavy (non-hydrogen) atoms. The predicted octanol–water partition coefficient (Wildman–Crippen LogP) is 4.51. The summed E-state index contributed by atoms with van der Waals surface area (Å²) in [5.74, 6) is 0.00565. The van der Waals surface area contributed by atoms with Gasteiger partial charge in [-0.15, -0.1) is 13.2 Å². The minimum Gasteiger partial charge on any atom is -0.496 e. The van der Waals surface area contributed by atoms with Crippen LogP contribution in [0.4, 0.5) is 13.2 Å². The lowest BCUT2D eigenvalue weighted by molar-refractivity contribution is -0.274. The maximum Gasteiger partial charge on any atom is 0.573 e. The lowest BCUT2D eigenvalue weighted by Gasteiger charge is -2.14. The van der Waals surface area contributed by atoms with E-state index in [9.17, 15) is 13.2 Å². The maximum atomic E-state index is 12.3. The molecule has 0 aliphatic rings. The summed E-state index contributed by atoms with van der Waals surface area (Å²) in [4.78, 5) is 0. The number of ether oxygens (including phenoxy) is 2. The van der Waals surface area contributed by atoms with Crippen LogP contribution >= 0.6 is 15.9 Å². The van der Waals surface area contributed by atoms with Crippen molar-refractivity contribution >= 4 is 26.7 Å². The molecule has 0 unspecified atom stereocenters. The first kappa shape index (κ1) is 13.0. The molecule has 0 aliphatic carbocycles. The summed E-state index contributed by atoms with van der Waals surface area (Å²) in [6.07, 6.45) is -4.74. The van der Waals surface area contributed by atoms with E-state index >= 15 is 0 Å². The second kappa shape index (κ2) is 4.68. The molecule has 0 saturated heterocycles. The van der Waals surface area contributed by atoms with Gasteiger partial charge in [0.15, 0.2) is 0 Å². The van der Waals surface area contributed by atoms with Crippen molar-refractivity contribution in [3.05, 3.63) is 34.8 Å². The van der Waals surface area contributed by atoms with Gasteiger partial charge in [-0.05, 0) is 15.9 Å². The molecule has 0 aliphatic heterocycles. The molecule has 0 radical (unpaired) electrons. The maximum absolute atomic E-state index is 12.3. The van der Waals surface area contributed by atoms with Crippen LogP contribution in [0.1, 0.15) is 0 Å². The molecule has 0 amide bonds. The molecule has 0 aromatic heterocycles. The Balaban J connectivity index is 2.65. The first-order valence-corrected chi connectivity index (χ1v) is 5.72. The predicted molar refractivity (Wildman–Crippen MR) is 64.9 cm³/mol. The normalized spacial score (nSPS) is 11.6. The minimum absolute atomic E-state index is 0.247. The number of methoxy groups -OCH3 is 1. The lowest BCUT2D eigenvalue weighted by atomic mass is 10.1. The Bertz CT molecular complexity index is 581. The van der Waals surface area contributed by atoms with Gasteiger partial charge in [0.05, 0.1) is 11.6 Å². The van der Waals surface area contributed by atoms with Crippen LogP contribution in [-0.4, -0.2) is 13.5 Å². The summed E-state index contributed by atoms with van der Waals surface area (Å²) in [5, 5.41) is 1.30. The first-order chi connectivity index (χ1) is 8.42. The fourth-order valence-corrected chi connectivity index (χ4v) is 2.19. The third-order valence-corrected chi connectivity index (χ3v) is 3.17. The van der Waals surface area contributed by atoms with Gasteiger partial charge in [0.2, 0.25) is 0 Å². The Morgan fingerprint density at radius 1 is 1.06 bits per heavy atom. The first-order valence-electron chi connectivity index (χ1n) is 4.93. The van der Waals surface area contributed by atoms with Crippen molar-refractivity contribution in [1.29, 1.82) is 0 Å². The van der Waals surface area contributed by atoms with Crippen molar-refractivity contribution in [2.24, 2.45) is 0 Å². The van der Waals surface area contributed by atoms with E-state index in [0.717, 1.165) is 0 Å². The molecule has 2 rings (SSSR count). The van der Waals surface area contributed by atoms with E-state index in [0.29, 0.717) is 16.5 Å². The van der Waals surface area contributed by atoms with Crippen molar-refractivity contribution in [3.8, 4) is 11.5 Å². The van der Waals surface area contributed by atoms with E-state index in [1.165, 1.54) is 13.2 Å². The molecule has 96 valence electrons. The van der Waals surface area contributed by atoms with Crippen molar-refractivity contribution < 1.29 is 22.6 Å². The van der Waals surface area contributed by atoms with Gasteiger partial charge in [0, 0.05) is 16.8 Å². The van der Waals surface area contributed by atoms with Gasteiger partial charge >= 0.3 is 6.36 Å². The highest BCUT2D eigenvalue weighted by molar-refractivity contribution is 9.10. The summed E-state index contributed by atoms with van der Waals surface area (Å²) in [5.41, 5.74) is 0. The van der Waals surface area contributed by atoms with Crippen LogP contribution in [0.5, 0.6) is 11.5 Å². The van der Waals surface area contributed by atoms with E-state index in [1.54, 1.807) is 24.3 Å². The van der Waals surface area contributed by atoms with Gasteiger partial charge < -0.3 is 9.47 Å². The van der Waals surface area contributed by atoms with E-state index in [2.05, 4.69) is 20.7 Å². The van der Waals surface area contributed by atoms with E-state index in [-0.39, 0.29) is 10.2 Å². The van der Waals surface area contributed by atoms with Gasteiger partial charge in [0.1, 0.15) is 11.5 Å². The van der Waals surface area contributed by atoms with E-state index < -0.39 is 6.36 Å². The third kappa shape index (κ3) is 2.53. The number of rotatable bonds is 2. The van der Waals surface area contributed by atoms with Crippen molar-refractivity contribution in [3.63, 3.8) is 0 Å². The summed E-state index contributed by atoms with van der Waals surface area (Å²) in [6, 6.07) is 8.16. The standard InChI is InChI=1S/C12H8BrF3O2/c1-17-9-6-10(18-12(14,15)16)11(13)8-5-3-2-4-7(8)9/h2-6H,1H3. The number of alkyl halides is 3. The highest BCUT2D eigenvalue weighted by Gasteiger charge is 2.32. The molecule has 2 nitrogen and oxygen atoms in total. The summed E-state index contributed by atoms with van der Waals surface area (Å²) in [6.45, 7) is 0. The van der Waals surface area contributed by atoms with E-state index in [4.69, 9.17) is 4.74 Å². The van der Waals surface area contributed by atoms with Crippen LogP contribution in [0.15, 0.2) is 34.8 Å². The zero-order valence-electron chi connectivity index (χ0n) is 9.22. The number of benzene rings is 2. The van der Waals surface area contributed by atoms with Crippen molar-refractivity contribution in [1.82, 2.24) is 0 Å². The Labute approximate surface area is 109 Å². The molecule has 0 spiro atoms. The fraction of sp³-hybridized carbons (Fsp3) is 0.167. The number of hydrogen-bond acceptors (Lipinski definition) is 2. The van der Waals surface area contributed by atoms with Crippen LogP contribution in [0, 0.1) is 0 Å². The monoisotopic (exact) mass is 320 g/mol. The van der Waals surface area contributed by atoms with Crippen LogP contribution in [0.25, 0.3) is 10.8 Å². The van der Waals surface area contributed by atoms with Crippen molar-refractivity contribution in [2.45, 2.75) is 6.36 Å². The highest BCUT2D eigenvalue weighted by atomic mass is 79.9. The molecule has 0 fully saturated rings. The minimum atomic E-state index is -4.74. The summed E-state index contributed by atoms with van der Waals surface area (Å²) in [7, 11) is 1.40. The van der Waals surface area contributed by atoms with Gasteiger partial charge in [-0.1, -0.05) is 24.3 Å². The smallest absolute Gasteiger partial charge is 0.496 e. The molecule has 0 N–H and O–H groups in total. The van der Waals surface area contributed by atoms with Gasteiger partial charge in [0.25, 0.3) is 0 Å². The Kier molecular flexibility index (Phi) is 3.38. The number of halogens is 4. The van der Waals surface area contributed by atoms with Crippen LogP contribution in [-0.2, 0) is 0 Å². The molecule has 2 aromatic rings.